The van der Waals surface area contributed by atoms with E-state index in [9.17, 15) is 9.59 Å². The summed E-state index contributed by atoms with van der Waals surface area (Å²) >= 11 is 5.97. The van der Waals surface area contributed by atoms with Gasteiger partial charge in [0.2, 0.25) is 0 Å². The maximum absolute atomic E-state index is 12.8. The smallest absolute Gasteiger partial charge is 0.340 e. The van der Waals surface area contributed by atoms with Crippen LogP contribution in [-0.4, -0.2) is 24.0 Å². The number of ether oxygens (including phenoxy) is 2. The van der Waals surface area contributed by atoms with Crippen molar-refractivity contribution in [3.05, 3.63) is 101 Å². The summed E-state index contributed by atoms with van der Waals surface area (Å²) in [5.41, 5.74) is 2.52. The monoisotopic (exact) mass is 446 g/mol. The zero-order chi connectivity index (χ0) is 22.5. The molecule has 0 saturated carbocycles. The van der Waals surface area contributed by atoms with Crippen LogP contribution in [0.3, 0.4) is 0 Å². The van der Waals surface area contributed by atoms with E-state index in [-0.39, 0.29) is 12.2 Å². The number of benzene rings is 3. The molecule has 0 saturated heterocycles. The van der Waals surface area contributed by atoms with E-state index in [0.717, 1.165) is 16.6 Å². The third-order valence-corrected chi connectivity index (χ3v) is 5.01. The largest absolute Gasteiger partial charge is 0.487 e. The lowest BCUT2D eigenvalue weighted by atomic mass is 10.1. The van der Waals surface area contributed by atoms with Crippen molar-refractivity contribution in [2.75, 3.05) is 12.4 Å². The number of aromatic nitrogens is 1. The molecular weight excluding hydrogens is 428 g/mol. The lowest BCUT2D eigenvalue weighted by molar-refractivity contribution is 0.0602. The van der Waals surface area contributed by atoms with Crippen LogP contribution < -0.4 is 10.1 Å². The van der Waals surface area contributed by atoms with Crippen LogP contribution >= 0.6 is 11.6 Å². The Morgan fingerprint density at radius 1 is 0.969 bits per heavy atom. The Hall–Kier alpha value is -3.90. The van der Waals surface area contributed by atoms with E-state index in [1.54, 1.807) is 36.4 Å². The van der Waals surface area contributed by atoms with Crippen molar-refractivity contribution in [1.29, 1.82) is 0 Å². The van der Waals surface area contributed by atoms with E-state index in [1.165, 1.54) is 13.2 Å². The van der Waals surface area contributed by atoms with E-state index >= 15 is 0 Å². The zero-order valence-corrected chi connectivity index (χ0v) is 17.9. The Labute approximate surface area is 189 Å². The number of amides is 1. The summed E-state index contributed by atoms with van der Waals surface area (Å²) < 4.78 is 10.6. The van der Waals surface area contributed by atoms with Crippen LogP contribution in [0.2, 0.25) is 5.02 Å². The molecule has 0 fully saturated rings. The lowest BCUT2D eigenvalue weighted by Crippen LogP contribution is -2.15. The van der Waals surface area contributed by atoms with Gasteiger partial charge in [-0.2, -0.15) is 0 Å². The second-order valence-electron chi connectivity index (χ2n) is 6.95. The van der Waals surface area contributed by atoms with E-state index < -0.39 is 11.9 Å². The van der Waals surface area contributed by atoms with Crippen molar-refractivity contribution in [3.8, 4) is 5.75 Å². The van der Waals surface area contributed by atoms with Gasteiger partial charge >= 0.3 is 5.97 Å². The number of pyridine rings is 1. The average molecular weight is 447 g/mol. The van der Waals surface area contributed by atoms with Crippen LogP contribution in [0.5, 0.6) is 5.75 Å². The third-order valence-electron chi connectivity index (χ3n) is 4.77. The predicted molar refractivity (Wildman–Crippen MR) is 123 cm³/mol. The first kappa shape index (κ1) is 21.3. The van der Waals surface area contributed by atoms with Crippen LogP contribution in [-0.2, 0) is 11.3 Å². The molecule has 4 rings (SSSR count). The number of rotatable bonds is 6. The highest BCUT2D eigenvalue weighted by molar-refractivity contribution is 6.31. The molecule has 0 aliphatic heterocycles. The fraction of sp³-hybridized carbons (Fsp3) is 0.0800. The van der Waals surface area contributed by atoms with Crippen molar-refractivity contribution in [3.63, 3.8) is 0 Å². The Balaban J connectivity index is 1.48. The van der Waals surface area contributed by atoms with Crippen molar-refractivity contribution in [1.82, 2.24) is 4.98 Å². The van der Waals surface area contributed by atoms with E-state index in [1.807, 2.05) is 36.4 Å². The number of anilines is 1. The third kappa shape index (κ3) is 4.87. The second kappa shape index (κ2) is 9.49. The fourth-order valence-electron chi connectivity index (χ4n) is 3.17. The van der Waals surface area contributed by atoms with E-state index in [2.05, 4.69) is 10.3 Å². The number of nitrogens with one attached hydrogen (secondary N) is 1. The zero-order valence-electron chi connectivity index (χ0n) is 17.2. The highest BCUT2D eigenvalue weighted by Crippen LogP contribution is 2.23. The van der Waals surface area contributed by atoms with Gasteiger partial charge in [-0.15, -0.1) is 0 Å². The molecular formula is C25H19ClN2O4. The Morgan fingerprint density at radius 3 is 2.66 bits per heavy atom. The molecule has 0 spiro atoms. The summed E-state index contributed by atoms with van der Waals surface area (Å²) in [6.45, 7) is 0.263. The summed E-state index contributed by atoms with van der Waals surface area (Å²) in [6.07, 6.45) is 0. The molecule has 1 aromatic heterocycles. The molecule has 0 aliphatic rings. The fourth-order valence-corrected chi connectivity index (χ4v) is 3.34. The van der Waals surface area contributed by atoms with Crippen LogP contribution in [0.1, 0.15) is 26.4 Å². The molecule has 0 aliphatic carbocycles. The Morgan fingerprint density at radius 2 is 1.81 bits per heavy atom. The van der Waals surface area contributed by atoms with Gasteiger partial charge in [-0.3, -0.25) is 4.79 Å². The standard InChI is InChI=1S/C25H19ClN2O4/c1-31-25(30)21-14-18(26)10-12-23(21)28-24(29)17-6-4-7-20(13-17)32-15-19-11-9-16-5-2-3-8-22(16)27-19/h2-14H,15H2,1H3,(H,28,29). The van der Waals surface area contributed by atoms with Gasteiger partial charge in [-0.1, -0.05) is 41.9 Å². The first-order chi connectivity index (χ1) is 15.5. The molecule has 1 amide bonds. The number of nitrogens with zero attached hydrogens (tertiary/aromatic N) is 1. The summed E-state index contributed by atoms with van der Waals surface area (Å²) in [4.78, 5) is 29.4. The summed E-state index contributed by atoms with van der Waals surface area (Å²) in [6, 6.07) is 23.1. The maximum Gasteiger partial charge on any atom is 0.340 e. The number of fused-ring (bicyclic) bond motifs is 1. The van der Waals surface area contributed by atoms with Gasteiger partial charge in [-0.05, 0) is 48.5 Å². The molecule has 0 radical (unpaired) electrons. The molecule has 0 bridgehead atoms. The second-order valence-corrected chi connectivity index (χ2v) is 7.38. The number of hydrogen-bond acceptors (Lipinski definition) is 5. The number of esters is 1. The number of halogens is 1. The molecule has 32 heavy (non-hydrogen) atoms. The Bertz CT molecular complexity index is 1310. The van der Waals surface area contributed by atoms with Gasteiger partial charge in [-0.25, -0.2) is 9.78 Å². The lowest BCUT2D eigenvalue weighted by Gasteiger charge is -2.11. The molecule has 7 heteroatoms. The van der Waals surface area contributed by atoms with Crippen molar-refractivity contribution < 1.29 is 19.1 Å². The minimum atomic E-state index is -0.595. The number of methoxy groups -OCH3 is 1. The van der Waals surface area contributed by atoms with Crippen LogP contribution in [0.4, 0.5) is 5.69 Å². The molecule has 1 N–H and O–H groups in total. The number of hydrogen-bond donors (Lipinski definition) is 1. The minimum Gasteiger partial charge on any atom is -0.487 e. The van der Waals surface area contributed by atoms with Crippen LogP contribution in [0.25, 0.3) is 10.9 Å². The van der Waals surface area contributed by atoms with E-state index in [0.29, 0.717) is 22.0 Å². The van der Waals surface area contributed by atoms with Crippen LogP contribution in [0.15, 0.2) is 78.9 Å². The number of carbonyl (C=O) groups is 2. The van der Waals surface area contributed by atoms with Gasteiger partial charge in [0.15, 0.2) is 0 Å². The molecule has 0 atom stereocenters. The average Bonchev–Trinajstić information content (AvgIpc) is 2.83. The molecule has 4 aromatic rings. The van der Waals surface area contributed by atoms with Gasteiger partial charge in [0.05, 0.1) is 29.6 Å². The SMILES string of the molecule is COC(=O)c1cc(Cl)ccc1NC(=O)c1cccc(OCc2ccc3ccccc3n2)c1. The van der Waals surface area contributed by atoms with Gasteiger partial charge in [0.1, 0.15) is 12.4 Å². The summed E-state index contributed by atoms with van der Waals surface area (Å²) in [7, 11) is 1.26. The quantitative estimate of drug-likeness (QED) is 0.395. The van der Waals surface area contributed by atoms with Crippen LogP contribution in [0, 0.1) is 0 Å². The Kier molecular flexibility index (Phi) is 6.33. The van der Waals surface area contributed by atoms with Gasteiger partial charge < -0.3 is 14.8 Å². The highest BCUT2D eigenvalue weighted by Gasteiger charge is 2.16. The normalized spacial score (nSPS) is 10.6. The molecule has 1 heterocycles. The first-order valence-corrected chi connectivity index (χ1v) is 10.2. The summed E-state index contributed by atoms with van der Waals surface area (Å²) in [5.74, 6) is -0.466. The summed E-state index contributed by atoms with van der Waals surface area (Å²) in [5, 5.41) is 4.14. The first-order valence-electron chi connectivity index (χ1n) is 9.80. The predicted octanol–water partition coefficient (Wildman–Crippen LogP) is 5.51. The minimum absolute atomic E-state index is 0.170. The van der Waals surface area contributed by atoms with Crippen molar-refractivity contribution >= 4 is 40.1 Å². The maximum atomic E-state index is 12.8. The van der Waals surface area contributed by atoms with Gasteiger partial charge in [0, 0.05) is 16.0 Å². The number of para-hydroxylation sites is 1. The molecule has 160 valence electrons. The molecule has 3 aromatic carbocycles. The van der Waals surface area contributed by atoms with Crippen molar-refractivity contribution in [2.24, 2.45) is 0 Å². The highest BCUT2D eigenvalue weighted by atomic mass is 35.5. The molecule has 6 nitrogen and oxygen atoms in total. The number of carbonyl (C=O) groups excluding carboxylic acids is 2. The van der Waals surface area contributed by atoms with E-state index in [4.69, 9.17) is 21.1 Å². The van der Waals surface area contributed by atoms with Crippen molar-refractivity contribution in [2.45, 2.75) is 6.61 Å². The van der Waals surface area contributed by atoms with Gasteiger partial charge in [0.25, 0.3) is 5.91 Å². The topological polar surface area (TPSA) is 77.5 Å². The molecule has 0 unspecified atom stereocenters.